The van der Waals surface area contributed by atoms with Gasteiger partial charge in [0, 0.05) is 5.41 Å². The molecular formula is C10H14FNO2. The van der Waals surface area contributed by atoms with E-state index < -0.39 is 5.41 Å². The fourth-order valence-electron chi connectivity index (χ4n) is 1.27. The highest BCUT2D eigenvalue weighted by Gasteiger charge is 2.26. The van der Waals surface area contributed by atoms with E-state index >= 15 is 0 Å². The van der Waals surface area contributed by atoms with E-state index in [-0.39, 0.29) is 19.0 Å². The van der Waals surface area contributed by atoms with Crippen molar-refractivity contribution in [2.24, 2.45) is 5.90 Å². The van der Waals surface area contributed by atoms with E-state index in [2.05, 4.69) is 4.84 Å². The second-order valence-electron chi connectivity index (χ2n) is 3.54. The molecule has 0 heterocycles. The van der Waals surface area contributed by atoms with Crippen molar-refractivity contribution in [2.45, 2.75) is 12.3 Å². The van der Waals surface area contributed by atoms with Crippen molar-refractivity contribution in [1.82, 2.24) is 0 Å². The minimum absolute atomic E-state index is 0.145. The van der Waals surface area contributed by atoms with Gasteiger partial charge in [0.2, 0.25) is 0 Å². The van der Waals surface area contributed by atoms with Gasteiger partial charge >= 0.3 is 0 Å². The quantitative estimate of drug-likeness (QED) is 0.710. The summed E-state index contributed by atoms with van der Waals surface area (Å²) >= 11 is 0. The molecule has 0 bridgehead atoms. The second kappa shape index (κ2) is 4.50. The van der Waals surface area contributed by atoms with Crippen LogP contribution in [0.4, 0.5) is 4.39 Å². The molecular weight excluding hydrogens is 185 g/mol. The van der Waals surface area contributed by atoms with Gasteiger partial charge in [0.05, 0.1) is 13.2 Å². The topological polar surface area (TPSA) is 55.5 Å². The molecule has 0 saturated carbocycles. The van der Waals surface area contributed by atoms with Gasteiger partial charge in [-0.15, -0.1) is 0 Å². The zero-order chi connectivity index (χ0) is 10.6. The number of aliphatic hydroxyl groups excluding tert-OH is 1. The molecule has 1 atom stereocenters. The second-order valence-corrected chi connectivity index (χ2v) is 3.54. The Morgan fingerprint density at radius 1 is 1.57 bits per heavy atom. The number of hydrogen-bond donors (Lipinski definition) is 2. The van der Waals surface area contributed by atoms with E-state index in [1.807, 2.05) is 0 Å². The van der Waals surface area contributed by atoms with Crippen LogP contribution in [-0.2, 0) is 10.3 Å². The smallest absolute Gasteiger partial charge is 0.123 e. The lowest BCUT2D eigenvalue weighted by Crippen LogP contribution is -2.33. The average Bonchev–Trinajstić information content (AvgIpc) is 2.18. The van der Waals surface area contributed by atoms with Crippen molar-refractivity contribution >= 4 is 0 Å². The minimum Gasteiger partial charge on any atom is -0.395 e. The van der Waals surface area contributed by atoms with Crippen molar-refractivity contribution in [3.8, 4) is 0 Å². The highest BCUT2D eigenvalue weighted by molar-refractivity contribution is 5.25. The maximum atomic E-state index is 12.9. The van der Waals surface area contributed by atoms with Crippen LogP contribution in [-0.4, -0.2) is 18.3 Å². The van der Waals surface area contributed by atoms with Crippen molar-refractivity contribution in [3.05, 3.63) is 35.6 Å². The van der Waals surface area contributed by atoms with Crippen molar-refractivity contribution in [1.29, 1.82) is 0 Å². The summed E-state index contributed by atoms with van der Waals surface area (Å²) in [6, 6.07) is 6.05. The zero-order valence-corrected chi connectivity index (χ0v) is 8.03. The molecule has 0 saturated heterocycles. The van der Waals surface area contributed by atoms with Crippen LogP contribution in [0.2, 0.25) is 0 Å². The van der Waals surface area contributed by atoms with Gasteiger partial charge in [-0.3, -0.25) is 0 Å². The number of benzene rings is 1. The third kappa shape index (κ3) is 2.29. The summed E-state index contributed by atoms with van der Waals surface area (Å²) in [5.41, 5.74) is 0.0158. The predicted octanol–water partition coefficient (Wildman–Crippen LogP) is 0.966. The molecule has 0 aliphatic heterocycles. The Bertz CT molecular complexity index is 306. The molecule has 78 valence electrons. The molecule has 4 heteroatoms. The Balaban J connectivity index is 2.99. The number of halogens is 1. The first-order valence-electron chi connectivity index (χ1n) is 4.31. The van der Waals surface area contributed by atoms with E-state index in [1.54, 1.807) is 19.1 Å². The Hall–Kier alpha value is -0.970. The highest BCUT2D eigenvalue weighted by atomic mass is 19.1. The van der Waals surface area contributed by atoms with Gasteiger partial charge in [-0.1, -0.05) is 19.1 Å². The first-order valence-corrected chi connectivity index (χ1v) is 4.31. The van der Waals surface area contributed by atoms with Crippen LogP contribution < -0.4 is 5.90 Å². The number of nitrogens with two attached hydrogens (primary N) is 1. The molecule has 3 N–H and O–H groups in total. The fourth-order valence-corrected chi connectivity index (χ4v) is 1.27. The Kier molecular flexibility index (Phi) is 3.57. The molecule has 0 fully saturated rings. The largest absolute Gasteiger partial charge is 0.395 e. The van der Waals surface area contributed by atoms with Crippen LogP contribution >= 0.6 is 0 Å². The van der Waals surface area contributed by atoms with E-state index in [4.69, 9.17) is 5.90 Å². The molecule has 1 aromatic rings. The fraction of sp³-hybridized carbons (Fsp3) is 0.400. The first-order chi connectivity index (χ1) is 6.62. The van der Waals surface area contributed by atoms with Gasteiger partial charge in [0.15, 0.2) is 0 Å². The molecule has 0 aromatic heterocycles. The SMILES string of the molecule is CC(CO)(CON)c1cccc(F)c1. The Morgan fingerprint density at radius 2 is 2.29 bits per heavy atom. The molecule has 0 spiro atoms. The summed E-state index contributed by atoms with van der Waals surface area (Å²) < 4.78 is 12.9. The Morgan fingerprint density at radius 3 is 2.79 bits per heavy atom. The maximum Gasteiger partial charge on any atom is 0.123 e. The molecule has 0 amide bonds. The van der Waals surface area contributed by atoms with Crippen LogP contribution in [0.25, 0.3) is 0 Å². The molecule has 14 heavy (non-hydrogen) atoms. The predicted molar refractivity (Wildman–Crippen MR) is 51.0 cm³/mol. The van der Waals surface area contributed by atoms with Gasteiger partial charge < -0.3 is 9.94 Å². The molecule has 1 unspecified atom stereocenters. The van der Waals surface area contributed by atoms with Crippen LogP contribution in [0.3, 0.4) is 0 Å². The minimum atomic E-state index is -0.656. The molecule has 3 nitrogen and oxygen atoms in total. The van der Waals surface area contributed by atoms with Crippen LogP contribution in [0.15, 0.2) is 24.3 Å². The van der Waals surface area contributed by atoms with Gasteiger partial charge in [-0.05, 0) is 17.7 Å². The summed E-state index contributed by atoms with van der Waals surface area (Å²) in [7, 11) is 0. The Labute approximate surface area is 82.3 Å². The maximum absolute atomic E-state index is 12.9. The monoisotopic (exact) mass is 199 g/mol. The van der Waals surface area contributed by atoms with Crippen molar-refractivity contribution < 1.29 is 14.3 Å². The third-order valence-electron chi connectivity index (χ3n) is 2.27. The molecule has 0 radical (unpaired) electrons. The van der Waals surface area contributed by atoms with Crippen LogP contribution in [0.1, 0.15) is 12.5 Å². The molecule has 0 aliphatic carbocycles. The van der Waals surface area contributed by atoms with E-state index in [1.165, 1.54) is 12.1 Å². The first kappa shape index (κ1) is 11.1. The summed E-state index contributed by atoms with van der Waals surface area (Å²) in [4.78, 5) is 4.51. The standard InChI is InChI=1S/C10H14FNO2/c1-10(6-13,7-14-12)8-3-2-4-9(11)5-8/h2-5,13H,6-7,12H2,1H3. The lowest BCUT2D eigenvalue weighted by Gasteiger charge is -2.26. The van der Waals surface area contributed by atoms with E-state index in [0.717, 1.165) is 0 Å². The van der Waals surface area contributed by atoms with Crippen molar-refractivity contribution in [2.75, 3.05) is 13.2 Å². The third-order valence-corrected chi connectivity index (χ3v) is 2.27. The summed E-state index contributed by atoms with van der Waals surface area (Å²) in [6.07, 6.45) is 0. The number of aliphatic hydroxyl groups is 1. The average molecular weight is 199 g/mol. The van der Waals surface area contributed by atoms with E-state index in [9.17, 15) is 9.50 Å². The lowest BCUT2D eigenvalue weighted by atomic mass is 9.84. The lowest BCUT2D eigenvalue weighted by molar-refractivity contribution is 0.0593. The van der Waals surface area contributed by atoms with E-state index in [0.29, 0.717) is 5.56 Å². The summed E-state index contributed by atoms with van der Waals surface area (Å²) in [6.45, 7) is 1.76. The molecule has 0 aliphatic rings. The molecule has 1 rings (SSSR count). The zero-order valence-electron chi connectivity index (χ0n) is 8.03. The van der Waals surface area contributed by atoms with Crippen molar-refractivity contribution in [3.63, 3.8) is 0 Å². The van der Waals surface area contributed by atoms with Crippen LogP contribution in [0.5, 0.6) is 0 Å². The van der Waals surface area contributed by atoms with Gasteiger partial charge in [0.25, 0.3) is 0 Å². The van der Waals surface area contributed by atoms with Gasteiger partial charge in [-0.2, -0.15) is 0 Å². The highest BCUT2D eigenvalue weighted by Crippen LogP contribution is 2.23. The molecule has 1 aromatic carbocycles. The number of rotatable bonds is 4. The summed E-state index contributed by atoms with van der Waals surface area (Å²) in [5, 5.41) is 9.20. The van der Waals surface area contributed by atoms with Gasteiger partial charge in [0.1, 0.15) is 5.82 Å². The van der Waals surface area contributed by atoms with Crippen LogP contribution in [0, 0.1) is 5.82 Å². The normalized spacial score (nSPS) is 15.1. The summed E-state index contributed by atoms with van der Waals surface area (Å²) in [5.74, 6) is 4.63. The van der Waals surface area contributed by atoms with Gasteiger partial charge in [-0.25, -0.2) is 10.3 Å². The number of hydrogen-bond acceptors (Lipinski definition) is 3.